The second-order valence-electron chi connectivity index (χ2n) is 28.4. The summed E-state index contributed by atoms with van der Waals surface area (Å²) < 4.78 is 43.3. The van der Waals surface area contributed by atoms with Gasteiger partial charge in [0.1, 0.15) is 59.5 Å². The van der Waals surface area contributed by atoms with Crippen LogP contribution < -0.4 is 40.5 Å². The lowest BCUT2D eigenvalue weighted by molar-refractivity contribution is -0.139. The standard InChI is InChI=1S/C75H91Cl2F2N15O7/c1-50(2)101-63-38-58(100-5)18-19-59(63)72-85-70(53-10-14-56(76)15-11-53)71(54-12-16-57(77)17-13-54)94(72)73(99)92-35-34-91(69(98)47-92)45-67(96)80-24-7-25-87-30-32-89(33-31-87)44-66(95)82-42-52-9-6-8-51(36-52)41-81-64-40-65(84-49-83-64)90-28-22-75(23-29-90)48-93(46-68(97)86-75)62-39-60(78)55(37-61(62)79)43-88-26-20-74(3,4)21-27-88/h6,8-19,36-40,49-50,70-71H,7,20-35,41-48H2,1-5H3,(H,80,96)(H,82,95)(H,86,97)(H,81,83,84)/t70-,71+/m0/s1. The number of amidine groups is 1. The maximum absolute atomic E-state index is 15.8. The molecule has 1 aromatic heterocycles. The van der Waals surface area contributed by atoms with Crippen molar-refractivity contribution in [2.24, 2.45) is 10.4 Å². The Morgan fingerprint density at radius 1 is 0.703 bits per heavy atom. The minimum absolute atomic E-state index is 0.0467. The van der Waals surface area contributed by atoms with Crippen molar-refractivity contribution in [1.29, 1.82) is 0 Å². The Labute approximate surface area is 599 Å². The van der Waals surface area contributed by atoms with Crippen LogP contribution in [0.3, 0.4) is 0 Å². The third-order valence-electron chi connectivity index (χ3n) is 20.2. The highest BCUT2D eigenvalue weighted by Gasteiger charge is 2.47. The molecule has 6 aliphatic heterocycles. The van der Waals surface area contributed by atoms with E-state index >= 15 is 13.6 Å². The number of carbonyl (C=O) groups excluding carboxylic acids is 5. The summed E-state index contributed by atoms with van der Waals surface area (Å²) in [5.41, 5.74) is 4.24. The number of rotatable bonds is 23. The molecule has 536 valence electrons. The van der Waals surface area contributed by atoms with Gasteiger partial charge in [-0.1, -0.05) is 85.6 Å². The summed E-state index contributed by atoms with van der Waals surface area (Å²) in [5, 5.41) is 13.8. The number of benzene rings is 5. The summed E-state index contributed by atoms with van der Waals surface area (Å²) in [6.45, 7) is 17.1. The van der Waals surface area contributed by atoms with E-state index in [0.717, 1.165) is 86.7 Å². The smallest absolute Gasteiger partial charge is 0.326 e. The van der Waals surface area contributed by atoms with Gasteiger partial charge >= 0.3 is 6.03 Å². The zero-order chi connectivity index (χ0) is 71.0. The van der Waals surface area contributed by atoms with Gasteiger partial charge in [-0.05, 0) is 136 Å². The summed E-state index contributed by atoms with van der Waals surface area (Å²) in [4.78, 5) is 98.3. The molecule has 6 aromatic rings. The SMILES string of the molecule is COc1ccc(C2=N[C@@H](c3ccc(Cl)cc3)[C@@H](c3ccc(Cl)cc3)N2C(=O)N2CCN(CC(=O)NCCCN3CCN(CC(=O)NCc4cccc(CNc5cc(N6CCC7(CC6)CN(c6cc(F)c(CN8CCC(C)(C)CC8)cc6F)CC(=O)N7)ncn5)c4)CC3)C(=O)C2)c(OC(C)C)c1. The Morgan fingerprint density at radius 2 is 1.40 bits per heavy atom. The summed E-state index contributed by atoms with van der Waals surface area (Å²) >= 11 is 12.8. The predicted molar refractivity (Wildman–Crippen MR) is 386 cm³/mol. The number of piperidine rings is 2. The number of hydrogen-bond acceptors (Lipinski definition) is 16. The number of aliphatic imine (C=N–C) groups is 1. The first-order valence-electron chi connectivity index (χ1n) is 35.1. The minimum Gasteiger partial charge on any atom is -0.497 e. The molecule has 6 amide bonds. The van der Waals surface area contributed by atoms with E-state index in [0.29, 0.717) is 109 Å². The first-order chi connectivity index (χ1) is 48.6. The molecule has 12 rings (SSSR count). The van der Waals surface area contributed by atoms with Crippen LogP contribution in [0.25, 0.3) is 0 Å². The molecule has 5 aromatic carbocycles. The zero-order valence-electron chi connectivity index (χ0n) is 58.2. The average molecular weight is 1420 g/mol. The Bertz CT molecular complexity index is 3980. The van der Waals surface area contributed by atoms with Gasteiger partial charge in [0.2, 0.25) is 23.6 Å². The second-order valence-corrected chi connectivity index (χ2v) is 29.3. The zero-order valence-corrected chi connectivity index (χ0v) is 59.7. The molecule has 6 aliphatic rings. The maximum atomic E-state index is 15.8. The molecular weight excluding hydrogens is 1330 g/mol. The van der Waals surface area contributed by atoms with E-state index < -0.39 is 35.3 Å². The number of anilines is 3. The molecule has 0 radical (unpaired) electrons. The molecule has 7 heterocycles. The molecule has 26 heteroatoms. The largest absolute Gasteiger partial charge is 0.497 e. The van der Waals surface area contributed by atoms with Gasteiger partial charge in [-0.15, -0.1) is 0 Å². The van der Waals surface area contributed by atoms with E-state index in [2.05, 4.69) is 70.7 Å². The molecule has 4 N–H and O–H groups in total. The van der Waals surface area contributed by atoms with E-state index in [1.165, 1.54) is 28.3 Å². The quantitative estimate of drug-likeness (QED) is 0.0440. The lowest BCUT2D eigenvalue weighted by Gasteiger charge is -2.48. The van der Waals surface area contributed by atoms with Crippen LogP contribution >= 0.6 is 23.2 Å². The van der Waals surface area contributed by atoms with Gasteiger partial charge in [-0.2, -0.15) is 0 Å². The summed E-state index contributed by atoms with van der Waals surface area (Å²) in [6.07, 6.45) is 5.22. The fourth-order valence-electron chi connectivity index (χ4n) is 14.3. The van der Waals surface area contributed by atoms with Gasteiger partial charge < -0.3 is 55.2 Å². The number of urea groups is 1. The number of likely N-dealkylation sites (tertiary alicyclic amines) is 1. The van der Waals surface area contributed by atoms with Gasteiger partial charge in [0, 0.05) is 119 Å². The Hall–Kier alpha value is -8.68. The van der Waals surface area contributed by atoms with E-state index in [1.54, 1.807) is 53.3 Å². The van der Waals surface area contributed by atoms with E-state index in [1.807, 2.05) is 68.4 Å². The van der Waals surface area contributed by atoms with Crippen LogP contribution in [0.1, 0.15) is 105 Å². The van der Waals surface area contributed by atoms with Crippen molar-refractivity contribution < 1.29 is 42.2 Å². The minimum atomic E-state index is -0.658. The first-order valence-corrected chi connectivity index (χ1v) is 35.8. The summed E-state index contributed by atoms with van der Waals surface area (Å²) in [6, 6.07) is 30.9. The highest BCUT2D eigenvalue weighted by Crippen LogP contribution is 2.46. The number of methoxy groups -OCH3 is 1. The fourth-order valence-corrected chi connectivity index (χ4v) is 14.6. The normalized spacial score (nSPS) is 19.7. The fraction of sp³-hybridized carbons (Fsp3) is 0.467. The molecule has 101 heavy (non-hydrogen) atoms. The molecule has 5 fully saturated rings. The van der Waals surface area contributed by atoms with Crippen LogP contribution in [0.5, 0.6) is 11.5 Å². The van der Waals surface area contributed by atoms with Gasteiger partial charge in [-0.25, -0.2) is 23.5 Å². The number of amides is 6. The first kappa shape index (κ1) is 72.1. The number of aromatic nitrogens is 2. The Kier molecular flexibility index (Phi) is 22.9. The molecule has 22 nitrogen and oxygen atoms in total. The van der Waals surface area contributed by atoms with Crippen molar-refractivity contribution in [2.75, 3.05) is 133 Å². The van der Waals surface area contributed by atoms with Crippen LogP contribution in [-0.2, 0) is 38.8 Å². The number of ether oxygens (including phenoxy) is 2. The topological polar surface area (TPSA) is 216 Å². The predicted octanol–water partition coefficient (Wildman–Crippen LogP) is 9.32. The highest BCUT2D eigenvalue weighted by atomic mass is 35.5. The lowest BCUT2D eigenvalue weighted by atomic mass is 9.82. The Morgan fingerprint density at radius 3 is 2.10 bits per heavy atom. The van der Waals surface area contributed by atoms with Gasteiger partial charge in [-0.3, -0.25) is 38.9 Å². The van der Waals surface area contributed by atoms with Crippen LogP contribution in [0.4, 0.5) is 30.9 Å². The molecule has 0 unspecified atom stereocenters. The van der Waals surface area contributed by atoms with Crippen LogP contribution in [0, 0.1) is 17.0 Å². The van der Waals surface area contributed by atoms with Crippen molar-refractivity contribution in [1.82, 2.24) is 55.3 Å². The van der Waals surface area contributed by atoms with E-state index in [4.69, 9.17) is 37.7 Å². The molecular formula is C75H91Cl2F2N15O7. The van der Waals surface area contributed by atoms with Crippen molar-refractivity contribution in [3.8, 4) is 11.5 Å². The molecule has 5 saturated heterocycles. The number of nitrogens with zero attached hydrogens (tertiary/aromatic N) is 11. The van der Waals surface area contributed by atoms with E-state index in [9.17, 15) is 19.2 Å². The van der Waals surface area contributed by atoms with Crippen molar-refractivity contribution >= 4 is 76.0 Å². The molecule has 0 aliphatic carbocycles. The number of carbonyl (C=O) groups is 5. The van der Waals surface area contributed by atoms with Crippen molar-refractivity contribution in [2.45, 2.75) is 103 Å². The monoisotopic (exact) mass is 1420 g/mol. The Balaban J connectivity index is 0.551. The number of hydrogen-bond donors (Lipinski definition) is 4. The molecule has 0 saturated carbocycles. The number of halogens is 4. The van der Waals surface area contributed by atoms with Gasteiger partial charge in [0.25, 0.3) is 0 Å². The second kappa shape index (κ2) is 32.1. The summed E-state index contributed by atoms with van der Waals surface area (Å²) in [5.74, 6) is 0.912. The lowest BCUT2D eigenvalue weighted by Crippen LogP contribution is -2.66. The molecule has 2 atom stereocenters. The van der Waals surface area contributed by atoms with Crippen molar-refractivity contribution in [3.05, 3.63) is 171 Å². The van der Waals surface area contributed by atoms with Gasteiger partial charge in [0.15, 0.2) is 0 Å². The highest BCUT2D eigenvalue weighted by molar-refractivity contribution is 6.30. The third kappa shape index (κ3) is 18.2. The van der Waals surface area contributed by atoms with Crippen LogP contribution in [0.15, 0.2) is 121 Å². The number of nitrogens with one attached hydrogen (secondary N) is 4. The molecule has 0 bridgehead atoms. The maximum Gasteiger partial charge on any atom is 0.326 e. The van der Waals surface area contributed by atoms with Gasteiger partial charge in [0.05, 0.1) is 55.7 Å². The van der Waals surface area contributed by atoms with Crippen LogP contribution in [-0.4, -0.2) is 205 Å². The summed E-state index contributed by atoms with van der Waals surface area (Å²) in [7, 11) is 1.57. The van der Waals surface area contributed by atoms with Crippen LogP contribution in [0.2, 0.25) is 10.0 Å². The van der Waals surface area contributed by atoms with E-state index in [-0.39, 0.29) is 80.1 Å². The average Bonchev–Trinajstić information content (AvgIpc) is 1.58. The third-order valence-corrected chi connectivity index (χ3v) is 20.7. The van der Waals surface area contributed by atoms with Crippen molar-refractivity contribution in [3.63, 3.8) is 0 Å². The number of piperazine rings is 3. The molecule has 1 spiro atoms.